The van der Waals surface area contributed by atoms with Gasteiger partial charge in [0.2, 0.25) is 6.79 Å². The van der Waals surface area contributed by atoms with Crippen molar-refractivity contribution >= 4 is 5.97 Å². The second kappa shape index (κ2) is 7.70. The molecule has 3 atom stereocenters. The number of allylic oxidation sites excluding steroid dienone is 2. The second-order valence-corrected chi connectivity index (χ2v) is 7.70. The number of esters is 1. The fraction of sp³-hybridized carbons (Fsp3) is 0.571. The lowest BCUT2D eigenvalue weighted by Crippen LogP contribution is -2.37. The zero-order valence-corrected chi connectivity index (χ0v) is 16.1. The Labute approximate surface area is 155 Å². The quantitative estimate of drug-likeness (QED) is 0.621. The van der Waals surface area contributed by atoms with Gasteiger partial charge in [0.1, 0.15) is 0 Å². The standard InChI is InChI=1S/C21H29NO4/c1-5-9-21(3,4)11-16-19(20(23)24-6-2)15(12-22-16)14-7-8-17-18(10-14)26-13-25-17/h5,7-10,15-16,19,22H,6,11-13H2,1-4H3/b9-5+. The van der Waals surface area contributed by atoms with Crippen molar-refractivity contribution < 1.29 is 19.0 Å². The van der Waals surface area contributed by atoms with Crippen molar-refractivity contribution in [3.63, 3.8) is 0 Å². The van der Waals surface area contributed by atoms with Crippen LogP contribution in [0.1, 0.15) is 45.6 Å². The maximum absolute atomic E-state index is 12.8. The number of benzene rings is 1. The lowest BCUT2D eigenvalue weighted by molar-refractivity contribution is -0.149. The highest BCUT2D eigenvalue weighted by Crippen LogP contribution is 2.41. The zero-order chi connectivity index (χ0) is 18.7. The van der Waals surface area contributed by atoms with E-state index in [1.165, 1.54) is 0 Å². The molecule has 2 aliphatic heterocycles. The largest absolute Gasteiger partial charge is 0.466 e. The van der Waals surface area contributed by atoms with Gasteiger partial charge < -0.3 is 19.5 Å². The van der Waals surface area contributed by atoms with Crippen molar-refractivity contribution in [2.75, 3.05) is 19.9 Å². The highest BCUT2D eigenvalue weighted by molar-refractivity contribution is 5.75. The summed E-state index contributed by atoms with van der Waals surface area (Å²) in [6, 6.07) is 6.04. The molecule has 0 aromatic heterocycles. The minimum absolute atomic E-state index is 0.0148. The van der Waals surface area contributed by atoms with E-state index in [0.29, 0.717) is 6.61 Å². The summed E-state index contributed by atoms with van der Waals surface area (Å²) in [5.41, 5.74) is 1.10. The van der Waals surface area contributed by atoms with E-state index in [4.69, 9.17) is 14.2 Å². The van der Waals surface area contributed by atoms with E-state index in [9.17, 15) is 4.79 Å². The van der Waals surface area contributed by atoms with Crippen LogP contribution in [-0.2, 0) is 9.53 Å². The van der Waals surface area contributed by atoms with Crippen LogP contribution in [0.15, 0.2) is 30.4 Å². The average Bonchev–Trinajstić information content (AvgIpc) is 3.20. The molecule has 26 heavy (non-hydrogen) atoms. The molecule has 5 nitrogen and oxygen atoms in total. The number of fused-ring (bicyclic) bond motifs is 1. The molecule has 1 fully saturated rings. The molecular weight excluding hydrogens is 330 g/mol. The molecule has 1 aromatic rings. The van der Waals surface area contributed by atoms with Crippen LogP contribution in [-0.4, -0.2) is 32.0 Å². The van der Waals surface area contributed by atoms with Gasteiger partial charge in [0.15, 0.2) is 11.5 Å². The summed E-state index contributed by atoms with van der Waals surface area (Å²) in [5, 5.41) is 3.57. The average molecular weight is 359 g/mol. The minimum atomic E-state index is -0.208. The second-order valence-electron chi connectivity index (χ2n) is 7.70. The van der Waals surface area contributed by atoms with Gasteiger partial charge in [0.25, 0.3) is 0 Å². The van der Waals surface area contributed by atoms with E-state index in [1.807, 2.05) is 32.0 Å². The molecule has 0 aliphatic carbocycles. The van der Waals surface area contributed by atoms with Crippen molar-refractivity contribution in [2.24, 2.45) is 11.3 Å². The monoisotopic (exact) mass is 359 g/mol. The molecule has 142 valence electrons. The Balaban J connectivity index is 1.86. The molecule has 0 radical (unpaired) electrons. The molecule has 2 heterocycles. The summed E-state index contributed by atoms with van der Waals surface area (Å²) >= 11 is 0. The molecule has 3 unspecified atom stereocenters. The van der Waals surface area contributed by atoms with Gasteiger partial charge in [0, 0.05) is 18.5 Å². The van der Waals surface area contributed by atoms with Crippen LogP contribution in [0.25, 0.3) is 0 Å². The van der Waals surface area contributed by atoms with Crippen molar-refractivity contribution in [1.29, 1.82) is 0 Å². The van der Waals surface area contributed by atoms with E-state index in [2.05, 4.69) is 31.3 Å². The van der Waals surface area contributed by atoms with E-state index in [1.54, 1.807) is 0 Å². The lowest BCUT2D eigenvalue weighted by atomic mass is 9.78. The van der Waals surface area contributed by atoms with Gasteiger partial charge in [-0.1, -0.05) is 32.1 Å². The molecule has 0 bridgehead atoms. The molecule has 0 spiro atoms. The van der Waals surface area contributed by atoms with Gasteiger partial charge in [-0.2, -0.15) is 0 Å². The summed E-state index contributed by atoms with van der Waals surface area (Å²) < 4.78 is 16.3. The van der Waals surface area contributed by atoms with Crippen molar-refractivity contribution in [3.05, 3.63) is 35.9 Å². The van der Waals surface area contributed by atoms with E-state index in [0.717, 1.165) is 30.0 Å². The van der Waals surface area contributed by atoms with Crippen LogP contribution in [0.5, 0.6) is 11.5 Å². The minimum Gasteiger partial charge on any atom is -0.466 e. The third-order valence-corrected chi connectivity index (χ3v) is 5.21. The van der Waals surface area contributed by atoms with Crippen LogP contribution in [0.3, 0.4) is 0 Å². The number of ether oxygens (including phenoxy) is 3. The number of nitrogens with one attached hydrogen (secondary N) is 1. The Kier molecular flexibility index (Phi) is 5.56. The third-order valence-electron chi connectivity index (χ3n) is 5.21. The van der Waals surface area contributed by atoms with Crippen molar-refractivity contribution in [3.8, 4) is 11.5 Å². The Morgan fingerprint density at radius 2 is 2.12 bits per heavy atom. The van der Waals surface area contributed by atoms with Crippen LogP contribution >= 0.6 is 0 Å². The smallest absolute Gasteiger partial charge is 0.311 e. The maximum Gasteiger partial charge on any atom is 0.311 e. The Morgan fingerprint density at radius 3 is 2.85 bits per heavy atom. The van der Waals surface area contributed by atoms with Gasteiger partial charge >= 0.3 is 5.97 Å². The first-order valence-corrected chi connectivity index (χ1v) is 9.38. The van der Waals surface area contributed by atoms with Crippen LogP contribution in [0, 0.1) is 11.3 Å². The summed E-state index contributed by atoms with van der Waals surface area (Å²) in [4.78, 5) is 12.8. The molecule has 1 saturated heterocycles. The van der Waals surface area contributed by atoms with Gasteiger partial charge in [-0.25, -0.2) is 0 Å². The summed E-state index contributed by atoms with van der Waals surface area (Å²) in [6.45, 7) is 9.68. The number of rotatable bonds is 6. The predicted octanol–water partition coefficient (Wildman–Crippen LogP) is 3.64. The number of hydrogen-bond acceptors (Lipinski definition) is 5. The normalized spacial score (nSPS) is 25.0. The topological polar surface area (TPSA) is 56.8 Å². The molecule has 1 N–H and O–H groups in total. The van der Waals surface area contributed by atoms with Gasteiger partial charge in [-0.15, -0.1) is 0 Å². The Hall–Kier alpha value is -2.01. The first kappa shape index (κ1) is 18.8. The van der Waals surface area contributed by atoms with Gasteiger partial charge in [-0.05, 0) is 43.4 Å². The molecule has 3 rings (SSSR count). The van der Waals surface area contributed by atoms with Gasteiger partial charge in [-0.3, -0.25) is 4.79 Å². The summed E-state index contributed by atoms with van der Waals surface area (Å²) in [6.07, 6.45) is 5.15. The third kappa shape index (κ3) is 3.88. The number of hydrogen-bond donors (Lipinski definition) is 1. The van der Waals surface area contributed by atoms with Crippen molar-refractivity contribution in [1.82, 2.24) is 5.32 Å². The molecule has 1 aromatic carbocycles. The van der Waals surface area contributed by atoms with Crippen LogP contribution in [0.2, 0.25) is 0 Å². The molecular formula is C21H29NO4. The van der Waals surface area contributed by atoms with E-state index in [-0.39, 0.29) is 36.1 Å². The first-order valence-electron chi connectivity index (χ1n) is 9.38. The first-order chi connectivity index (χ1) is 12.4. The van der Waals surface area contributed by atoms with E-state index < -0.39 is 0 Å². The number of carbonyl (C=O) groups excluding carboxylic acids is 1. The van der Waals surface area contributed by atoms with Crippen LogP contribution < -0.4 is 14.8 Å². The zero-order valence-electron chi connectivity index (χ0n) is 16.1. The molecule has 5 heteroatoms. The SMILES string of the molecule is C/C=C/C(C)(C)CC1NCC(c2ccc3c(c2)OCO3)C1C(=O)OCC. The highest BCUT2D eigenvalue weighted by Gasteiger charge is 2.44. The van der Waals surface area contributed by atoms with E-state index >= 15 is 0 Å². The van der Waals surface area contributed by atoms with Crippen LogP contribution in [0.4, 0.5) is 0 Å². The Morgan fingerprint density at radius 1 is 1.35 bits per heavy atom. The van der Waals surface area contributed by atoms with Crippen molar-refractivity contribution in [2.45, 2.75) is 46.1 Å². The fourth-order valence-corrected chi connectivity index (χ4v) is 4.13. The molecule has 0 saturated carbocycles. The van der Waals surface area contributed by atoms with Gasteiger partial charge in [0.05, 0.1) is 12.5 Å². The maximum atomic E-state index is 12.8. The predicted molar refractivity (Wildman–Crippen MR) is 100 cm³/mol. The fourth-order valence-electron chi connectivity index (χ4n) is 4.13. The molecule has 2 aliphatic rings. The Bertz CT molecular complexity index is 683. The summed E-state index contributed by atoms with van der Waals surface area (Å²) in [7, 11) is 0. The lowest BCUT2D eigenvalue weighted by Gasteiger charge is -2.29. The highest BCUT2D eigenvalue weighted by atomic mass is 16.7. The molecule has 0 amide bonds. The summed E-state index contributed by atoms with van der Waals surface area (Å²) in [5.74, 6) is 1.25. The number of carbonyl (C=O) groups is 1.